The van der Waals surface area contributed by atoms with Crippen molar-refractivity contribution in [1.29, 1.82) is 0 Å². The fourth-order valence-corrected chi connectivity index (χ4v) is 7.46. The molecule has 0 amide bonds. The Morgan fingerprint density at radius 1 is 0.636 bits per heavy atom. The minimum absolute atomic E-state index is 0.0207. The monoisotopic (exact) mass is 661 g/mol. The van der Waals surface area contributed by atoms with Gasteiger partial charge in [0, 0.05) is 32.9 Å². The first-order valence-corrected chi connectivity index (χ1v) is 16.3. The standard InChI is InChI=1S/C31H25Cl2N7O2S2/c1-14(2)34-30-36-22-20-13-21-23-25(29(42)40(31(37-23)35-15(3)4)19-11-7-17(33)8-12-19)44-27(21)38-26(20)43-24(22)28(41)39(30)18-9-5-16(32)6-10-18/h5-15H,1-4H3,(H,34,36)(H,35,37). The van der Waals surface area contributed by atoms with E-state index < -0.39 is 0 Å². The van der Waals surface area contributed by atoms with Crippen LogP contribution in [0.5, 0.6) is 0 Å². The number of fused-ring (bicyclic) bond motifs is 6. The van der Waals surface area contributed by atoms with Crippen LogP contribution in [0.2, 0.25) is 10.0 Å². The summed E-state index contributed by atoms with van der Waals surface area (Å²) in [6, 6.07) is 16.1. The first-order chi connectivity index (χ1) is 21.1. The highest BCUT2D eigenvalue weighted by molar-refractivity contribution is 7.27. The van der Waals surface area contributed by atoms with Crippen molar-refractivity contribution in [1.82, 2.24) is 24.1 Å². The number of rotatable bonds is 6. The van der Waals surface area contributed by atoms with Gasteiger partial charge in [-0.2, -0.15) is 0 Å². The van der Waals surface area contributed by atoms with Gasteiger partial charge in [0.15, 0.2) is 0 Å². The van der Waals surface area contributed by atoms with Gasteiger partial charge < -0.3 is 10.6 Å². The Kier molecular flexibility index (Phi) is 7.08. The fourth-order valence-electron chi connectivity index (χ4n) is 5.10. The number of thiophene rings is 2. The lowest BCUT2D eigenvalue weighted by molar-refractivity contribution is 0.846. The van der Waals surface area contributed by atoms with Crippen LogP contribution < -0.4 is 21.8 Å². The van der Waals surface area contributed by atoms with E-state index in [1.807, 2.05) is 33.8 Å². The summed E-state index contributed by atoms with van der Waals surface area (Å²) in [5.74, 6) is 0.837. The van der Waals surface area contributed by atoms with Gasteiger partial charge in [-0.15, -0.1) is 22.7 Å². The number of hydrogen-bond acceptors (Lipinski definition) is 9. The van der Waals surface area contributed by atoms with E-state index in [4.69, 9.17) is 38.2 Å². The molecule has 13 heteroatoms. The molecule has 0 aliphatic carbocycles. The van der Waals surface area contributed by atoms with Crippen LogP contribution in [-0.4, -0.2) is 36.2 Å². The van der Waals surface area contributed by atoms with Crippen LogP contribution in [0.15, 0.2) is 64.2 Å². The number of nitrogens with one attached hydrogen (secondary N) is 2. The molecule has 0 saturated carbocycles. The summed E-state index contributed by atoms with van der Waals surface area (Å²) in [4.78, 5) is 44.1. The van der Waals surface area contributed by atoms with Gasteiger partial charge in [-0.25, -0.2) is 24.1 Å². The quantitative estimate of drug-likeness (QED) is 0.187. The smallest absolute Gasteiger partial charge is 0.277 e. The van der Waals surface area contributed by atoms with Gasteiger partial charge in [0.25, 0.3) is 11.1 Å². The van der Waals surface area contributed by atoms with E-state index in [0.29, 0.717) is 63.4 Å². The lowest BCUT2D eigenvalue weighted by Gasteiger charge is -2.16. The number of anilines is 2. The number of benzene rings is 2. The van der Waals surface area contributed by atoms with Crippen LogP contribution in [0.4, 0.5) is 11.9 Å². The van der Waals surface area contributed by atoms with E-state index >= 15 is 0 Å². The van der Waals surface area contributed by atoms with Gasteiger partial charge in [0.05, 0.1) is 11.4 Å². The summed E-state index contributed by atoms with van der Waals surface area (Å²) >= 11 is 14.8. The van der Waals surface area contributed by atoms with Crippen LogP contribution in [0.3, 0.4) is 0 Å². The van der Waals surface area contributed by atoms with Crippen molar-refractivity contribution < 1.29 is 0 Å². The number of halogens is 2. The second-order valence-electron chi connectivity index (χ2n) is 11.0. The maximum Gasteiger partial charge on any atom is 0.277 e. The summed E-state index contributed by atoms with van der Waals surface area (Å²) in [5.41, 5.74) is 1.99. The molecule has 222 valence electrons. The third kappa shape index (κ3) is 4.80. The van der Waals surface area contributed by atoms with E-state index in [-0.39, 0.29) is 23.2 Å². The zero-order valence-electron chi connectivity index (χ0n) is 24.0. The Morgan fingerprint density at radius 3 is 1.39 bits per heavy atom. The van der Waals surface area contributed by atoms with Gasteiger partial charge in [-0.3, -0.25) is 9.59 Å². The lowest BCUT2D eigenvalue weighted by Crippen LogP contribution is -2.25. The van der Waals surface area contributed by atoms with E-state index in [9.17, 15) is 9.59 Å². The number of aromatic nitrogens is 5. The van der Waals surface area contributed by atoms with Crippen molar-refractivity contribution in [2.45, 2.75) is 39.8 Å². The van der Waals surface area contributed by atoms with Crippen LogP contribution in [0, 0.1) is 0 Å². The van der Waals surface area contributed by atoms with E-state index in [2.05, 4.69) is 10.6 Å². The van der Waals surface area contributed by atoms with Crippen molar-refractivity contribution in [3.8, 4) is 11.4 Å². The van der Waals surface area contributed by atoms with Crippen molar-refractivity contribution >= 4 is 98.6 Å². The molecule has 0 atom stereocenters. The van der Waals surface area contributed by atoms with Gasteiger partial charge in [0.1, 0.15) is 30.1 Å². The summed E-state index contributed by atoms with van der Waals surface area (Å²) < 4.78 is 4.10. The summed E-state index contributed by atoms with van der Waals surface area (Å²) in [5, 5.41) is 9.26. The zero-order valence-corrected chi connectivity index (χ0v) is 27.1. The molecular formula is C31H25Cl2N7O2S2. The largest absolute Gasteiger partial charge is 0.353 e. The molecular weight excluding hydrogens is 637 g/mol. The summed E-state index contributed by atoms with van der Waals surface area (Å²) in [6.45, 7) is 7.95. The van der Waals surface area contributed by atoms with E-state index in [1.54, 1.807) is 57.7 Å². The molecule has 44 heavy (non-hydrogen) atoms. The van der Waals surface area contributed by atoms with Gasteiger partial charge in [-0.1, -0.05) is 23.2 Å². The number of pyridine rings is 1. The lowest BCUT2D eigenvalue weighted by atomic mass is 10.2. The van der Waals surface area contributed by atoms with Crippen molar-refractivity contribution in [2.75, 3.05) is 10.6 Å². The molecule has 0 aliphatic rings. The minimum atomic E-state index is -0.205. The van der Waals surface area contributed by atoms with Crippen LogP contribution >= 0.6 is 45.9 Å². The second-order valence-corrected chi connectivity index (χ2v) is 13.8. The predicted octanol–water partition coefficient (Wildman–Crippen LogP) is 7.86. The molecule has 0 fully saturated rings. The average molecular weight is 663 g/mol. The Labute approximate surface area is 268 Å². The first kappa shape index (κ1) is 28.7. The molecule has 0 spiro atoms. The topological polar surface area (TPSA) is 107 Å². The van der Waals surface area contributed by atoms with Crippen molar-refractivity contribution in [3.05, 3.63) is 85.4 Å². The zero-order chi connectivity index (χ0) is 30.9. The maximum atomic E-state index is 14.0. The second kappa shape index (κ2) is 10.8. The highest BCUT2D eigenvalue weighted by Gasteiger charge is 2.23. The van der Waals surface area contributed by atoms with Gasteiger partial charge >= 0.3 is 0 Å². The Balaban J connectivity index is 1.51. The molecule has 7 aromatic rings. The fraction of sp³-hybridized carbons (Fsp3) is 0.194. The van der Waals surface area contributed by atoms with E-state index in [0.717, 1.165) is 10.8 Å². The third-order valence-electron chi connectivity index (χ3n) is 6.95. The first-order valence-electron chi connectivity index (χ1n) is 13.9. The normalized spacial score (nSPS) is 12.0. The van der Waals surface area contributed by atoms with Crippen LogP contribution in [0.1, 0.15) is 27.7 Å². The average Bonchev–Trinajstić information content (AvgIpc) is 3.51. The van der Waals surface area contributed by atoms with Gasteiger partial charge in [0.2, 0.25) is 11.9 Å². The molecule has 0 unspecified atom stereocenters. The van der Waals surface area contributed by atoms with E-state index in [1.165, 1.54) is 22.7 Å². The molecule has 9 nitrogen and oxygen atoms in total. The molecule has 5 aromatic heterocycles. The number of hydrogen-bond donors (Lipinski definition) is 2. The summed E-state index contributed by atoms with van der Waals surface area (Å²) in [6.07, 6.45) is 0. The maximum absolute atomic E-state index is 14.0. The molecule has 0 bridgehead atoms. The van der Waals surface area contributed by atoms with Gasteiger partial charge in [-0.05, 0) is 82.3 Å². The third-order valence-corrected chi connectivity index (χ3v) is 9.61. The molecule has 2 N–H and O–H groups in total. The van der Waals surface area contributed by atoms with Crippen molar-refractivity contribution in [3.63, 3.8) is 0 Å². The summed E-state index contributed by atoms with van der Waals surface area (Å²) in [7, 11) is 0. The molecule has 0 aliphatic heterocycles. The Morgan fingerprint density at radius 2 is 1.02 bits per heavy atom. The molecule has 5 heterocycles. The Bertz CT molecular complexity index is 2190. The van der Waals surface area contributed by atoms with Crippen LogP contribution in [-0.2, 0) is 0 Å². The highest BCUT2D eigenvalue weighted by Crippen LogP contribution is 2.38. The van der Waals surface area contributed by atoms with Crippen LogP contribution in [0.25, 0.3) is 52.2 Å². The molecule has 2 aromatic carbocycles. The Hall–Kier alpha value is -4.03. The SMILES string of the molecule is CC(C)Nc1nc2c(sc3nc4sc5c(=O)n(-c6ccc(Cl)cc6)c(NC(C)C)nc5c4cc32)c(=O)n1-c1ccc(Cl)cc1. The highest BCUT2D eigenvalue weighted by atomic mass is 35.5. The molecule has 7 rings (SSSR count). The molecule has 0 radical (unpaired) electrons. The molecule has 0 saturated heterocycles. The van der Waals surface area contributed by atoms with Crippen molar-refractivity contribution in [2.24, 2.45) is 0 Å². The predicted molar refractivity (Wildman–Crippen MR) is 184 cm³/mol. The minimum Gasteiger partial charge on any atom is -0.353 e. The number of nitrogens with zero attached hydrogens (tertiary/aromatic N) is 5.